The number of pyridine rings is 1. The normalized spacial score (nSPS) is 19.8. The number of aromatic nitrogens is 4. The Hall–Kier alpha value is -3.99. The Labute approximate surface area is 243 Å². The molecule has 3 aromatic heterocycles. The van der Waals surface area contributed by atoms with Gasteiger partial charge in [0.25, 0.3) is 5.91 Å². The van der Waals surface area contributed by atoms with Crippen molar-refractivity contribution in [2.45, 2.75) is 44.7 Å². The number of nitrogens with zero attached hydrogens (tertiary/aromatic N) is 5. The van der Waals surface area contributed by atoms with E-state index in [1.165, 1.54) is 12.8 Å². The molecule has 2 amide bonds. The average molecular weight is 574 g/mol. The zero-order valence-electron chi connectivity index (χ0n) is 23.8. The van der Waals surface area contributed by atoms with Gasteiger partial charge in [0.1, 0.15) is 17.9 Å². The van der Waals surface area contributed by atoms with E-state index in [1.54, 1.807) is 4.90 Å². The molecule has 0 bridgehead atoms. The van der Waals surface area contributed by atoms with E-state index in [0.29, 0.717) is 49.5 Å². The van der Waals surface area contributed by atoms with Gasteiger partial charge in [0, 0.05) is 57.4 Å². The zero-order chi connectivity index (χ0) is 29.0. The highest BCUT2D eigenvalue weighted by molar-refractivity contribution is 5.99. The van der Waals surface area contributed by atoms with Gasteiger partial charge in [0.15, 0.2) is 11.5 Å². The van der Waals surface area contributed by atoms with E-state index < -0.39 is 12.7 Å². The Bertz CT molecular complexity index is 1680. The third kappa shape index (κ3) is 4.89. The van der Waals surface area contributed by atoms with Crippen molar-refractivity contribution in [3.8, 4) is 17.3 Å². The number of benzene rings is 1. The molecule has 0 radical (unpaired) electrons. The Kier molecular flexibility index (Phi) is 6.84. The molecule has 220 valence electrons. The SMILES string of the molecule is Cn1c(-c2cc3cccc(OC[C@@H]4CCC(=O)NC4)c3n2CC2CC2)nc2cc3c(nc21)CCN(C[C@H](N)CF)C3=O. The molecule has 0 spiro atoms. The number of imidazole rings is 1. The number of carbonyl (C=O) groups excluding carboxylic acids is 2. The molecule has 1 saturated carbocycles. The Morgan fingerprint density at radius 2 is 2.00 bits per heavy atom. The second-order valence-corrected chi connectivity index (χ2v) is 12.0. The predicted molar refractivity (Wildman–Crippen MR) is 157 cm³/mol. The molecule has 11 heteroatoms. The number of alkyl halides is 1. The molecular formula is C31H36FN7O3. The van der Waals surface area contributed by atoms with Gasteiger partial charge in [0.2, 0.25) is 5.91 Å². The summed E-state index contributed by atoms with van der Waals surface area (Å²) in [6.45, 7) is 2.04. The maximum absolute atomic E-state index is 13.2. The quantitative estimate of drug-likeness (QED) is 0.317. The molecule has 7 rings (SSSR count). The van der Waals surface area contributed by atoms with Crippen LogP contribution in [0.25, 0.3) is 33.6 Å². The monoisotopic (exact) mass is 573 g/mol. The van der Waals surface area contributed by atoms with E-state index >= 15 is 0 Å². The highest BCUT2D eigenvalue weighted by Gasteiger charge is 2.30. The van der Waals surface area contributed by atoms with Gasteiger partial charge in [-0.25, -0.2) is 14.4 Å². The first-order chi connectivity index (χ1) is 20.4. The number of amides is 2. The molecule has 4 aromatic rings. The van der Waals surface area contributed by atoms with Crippen LogP contribution in [0, 0.1) is 11.8 Å². The maximum atomic E-state index is 13.2. The summed E-state index contributed by atoms with van der Waals surface area (Å²) in [6, 6.07) is 9.43. The average Bonchev–Trinajstić information content (AvgIpc) is 3.67. The molecular weight excluding hydrogens is 537 g/mol. The summed E-state index contributed by atoms with van der Waals surface area (Å²) in [5, 5.41) is 4.02. The van der Waals surface area contributed by atoms with Gasteiger partial charge < -0.3 is 29.8 Å². The molecule has 10 nitrogen and oxygen atoms in total. The fraction of sp³-hybridized carbons (Fsp3) is 0.484. The fourth-order valence-corrected chi connectivity index (χ4v) is 6.25. The van der Waals surface area contributed by atoms with Gasteiger partial charge in [-0.2, -0.15) is 0 Å². The Morgan fingerprint density at radius 3 is 2.76 bits per heavy atom. The van der Waals surface area contributed by atoms with Crippen LogP contribution in [0.15, 0.2) is 30.3 Å². The first-order valence-electron chi connectivity index (χ1n) is 14.9. The van der Waals surface area contributed by atoms with E-state index in [0.717, 1.165) is 52.5 Å². The van der Waals surface area contributed by atoms with Crippen LogP contribution in [-0.2, 0) is 24.8 Å². The van der Waals surface area contributed by atoms with Crippen molar-refractivity contribution >= 4 is 33.9 Å². The molecule has 3 aliphatic rings. The second kappa shape index (κ2) is 10.7. The second-order valence-electron chi connectivity index (χ2n) is 12.0. The number of carbonyl (C=O) groups is 2. The first-order valence-corrected chi connectivity index (χ1v) is 14.9. The lowest BCUT2D eigenvalue weighted by Gasteiger charge is -2.29. The number of halogens is 1. The number of hydrogen-bond acceptors (Lipinski definition) is 6. The molecule has 1 aromatic carbocycles. The molecule has 42 heavy (non-hydrogen) atoms. The topological polar surface area (TPSA) is 120 Å². The summed E-state index contributed by atoms with van der Waals surface area (Å²) < 4.78 is 23.8. The molecule has 0 unspecified atom stereocenters. The number of rotatable bonds is 9. The van der Waals surface area contributed by atoms with Crippen LogP contribution >= 0.6 is 0 Å². The number of para-hydroxylation sites is 1. The fourth-order valence-electron chi connectivity index (χ4n) is 6.25. The van der Waals surface area contributed by atoms with Crippen molar-refractivity contribution < 1.29 is 18.7 Å². The summed E-state index contributed by atoms with van der Waals surface area (Å²) in [5.74, 6) is 2.44. The molecule has 3 N–H and O–H groups in total. The number of nitrogens with two attached hydrogens (primary N) is 1. The number of hydrogen-bond donors (Lipinski definition) is 2. The van der Waals surface area contributed by atoms with Crippen LogP contribution in [0.5, 0.6) is 5.75 Å². The van der Waals surface area contributed by atoms with Gasteiger partial charge in [-0.05, 0) is 43.4 Å². The van der Waals surface area contributed by atoms with E-state index in [9.17, 15) is 14.0 Å². The van der Waals surface area contributed by atoms with Crippen molar-refractivity contribution in [1.82, 2.24) is 29.3 Å². The van der Waals surface area contributed by atoms with Crippen molar-refractivity contribution in [3.63, 3.8) is 0 Å². The predicted octanol–water partition coefficient (Wildman–Crippen LogP) is 3.20. The summed E-state index contributed by atoms with van der Waals surface area (Å²) >= 11 is 0. The Morgan fingerprint density at radius 1 is 1.14 bits per heavy atom. The highest BCUT2D eigenvalue weighted by Crippen LogP contribution is 2.39. The molecule has 2 fully saturated rings. The lowest BCUT2D eigenvalue weighted by atomic mass is 10.0. The summed E-state index contributed by atoms with van der Waals surface area (Å²) in [5.41, 5.74) is 10.5. The highest BCUT2D eigenvalue weighted by atomic mass is 19.1. The van der Waals surface area contributed by atoms with Gasteiger partial charge in [0.05, 0.1) is 35.1 Å². The van der Waals surface area contributed by atoms with Gasteiger partial charge in [-0.15, -0.1) is 0 Å². The van der Waals surface area contributed by atoms with Crippen LogP contribution in [0.3, 0.4) is 0 Å². The lowest BCUT2D eigenvalue weighted by molar-refractivity contribution is -0.123. The van der Waals surface area contributed by atoms with Crippen LogP contribution in [0.4, 0.5) is 4.39 Å². The van der Waals surface area contributed by atoms with Crippen LogP contribution in [0.2, 0.25) is 0 Å². The van der Waals surface area contributed by atoms with Gasteiger partial charge in [-0.3, -0.25) is 9.59 Å². The molecule has 2 atom stereocenters. The number of aryl methyl sites for hydroxylation is 1. The van der Waals surface area contributed by atoms with Crippen LogP contribution < -0.4 is 15.8 Å². The van der Waals surface area contributed by atoms with Gasteiger partial charge >= 0.3 is 0 Å². The minimum atomic E-state index is -0.695. The maximum Gasteiger partial charge on any atom is 0.255 e. The standard InChI is InChI=1S/C31H36FN7O3/c1-37-29-24(12-22-23(35-29)9-10-38(31(22)41)16-21(33)13-32)36-30(37)25-11-20-3-2-4-26(28(20)39(25)15-18-5-6-18)42-17-19-7-8-27(40)34-14-19/h2-4,11-12,18-19,21H,5-10,13-17,33H2,1H3,(H,34,40)/t19-,21-/m1/s1. The third-order valence-electron chi connectivity index (χ3n) is 8.80. The van der Waals surface area contributed by atoms with Crippen LogP contribution in [-0.4, -0.2) is 74.8 Å². The smallest absolute Gasteiger partial charge is 0.255 e. The summed E-state index contributed by atoms with van der Waals surface area (Å²) in [4.78, 5) is 36.3. The van der Waals surface area contributed by atoms with Gasteiger partial charge in [-0.1, -0.05) is 12.1 Å². The summed E-state index contributed by atoms with van der Waals surface area (Å²) in [6.07, 6.45) is 4.36. The van der Waals surface area contributed by atoms with E-state index in [2.05, 4.69) is 22.0 Å². The first kappa shape index (κ1) is 26.9. The minimum absolute atomic E-state index is 0.108. The molecule has 1 saturated heterocycles. The number of ether oxygens (including phenoxy) is 1. The molecule has 1 aliphatic carbocycles. The zero-order valence-corrected chi connectivity index (χ0v) is 23.8. The van der Waals surface area contributed by atoms with Crippen molar-refractivity contribution in [3.05, 3.63) is 41.6 Å². The van der Waals surface area contributed by atoms with Crippen molar-refractivity contribution in [1.29, 1.82) is 0 Å². The number of fused-ring (bicyclic) bond motifs is 3. The van der Waals surface area contributed by atoms with E-state index in [-0.39, 0.29) is 24.3 Å². The lowest BCUT2D eigenvalue weighted by Crippen LogP contribution is -2.45. The minimum Gasteiger partial charge on any atom is -0.491 e. The largest absolute Gasteiger partial charge is 0.491 e. The van der Waals surface area contributed by atoms with Crippen molar-refractivity contribution in [2.24, 2.45) is 24.6 Å². The third-order valence-corrected chi connectivity index (χ3v) is 8.80. The molecule has 2 aliphatic heterocycles. The van der Waals surface area contributed by atoms with E-state index in [4.69, 9.17) is 20.4 Å². The summed E-state index contributed by atoms with van der Waals surface area (Å²) in [7, 11) is 1.97. The van der Waals surface area contributed by atoms with E-state index in [1.807, 2.05) is 29.8 Å². The Balaban J connectivity index is 1.26. The number of piperidine rings is 1. The number of nitrogens with one attached hydrogen (secondary N) is 1. The molecule has 5 heterocycles. The van der Waals surface area contributed by atoms with Crippen molar-refractivity contribution in [2.75, 3.05) is 32.9 Å². The van der Waals surface area contributed by atoms with Crippen LogP contribution in [0.1, 0.15) is 41.7 Å².